The van der Waals surface area contributed by atoms with Gasteiger partial charge in [0.05, 0.1) is 5.56 Å². The van der Waals surface area contributed by atoms with Crippen molar-refractivity contribution >= 4 is 29.2 Å². The van der Waals surface area contributed by atoms with Gasteiger partial charge >= 0.3 is 5.97 Å². The lowest BCUT2D eigenvalue weighted by atomic mass is 10.1. The van der Waals surface area contributed by atoms with E-state index in [-0.39, 0.29) is 5.91 Å². The molecule has 2 amide bonds. The quantitative estimate of drug-likeness (QED) is 0.609. The Bertz CT molecular complexity index is 1070. The number of carbonyl (C=O) groups excluding carboxylic acids is 3. The molecule has 1 aliphatic rings. The summed E-state index contributed by atoms with van der Waals surface area (Å²) in [7, 11) is 0. The molecule has 6 nitrogen and oxygen atoms in total. The van der Waals surface area contributed by atoms with E-state index in [2.05, 4.69) is 5.32 Å². The number of ether oxygens (including phenoxy) is 1. The Balaban J connectivity index is 1.51. The molecule has 0 aliphatic carbocycles. The van der Waals surface area contributed by atoms with Gasteiger partial charge in [0.15, 0.2) is 0 Å². The highest BCUT2D eigenvalue weighted by molar-refractivity contribution is 5.99. The van der Waals surface area contributed by atoms with E-state index < -0.39 is 18.0 Å². The lowest BCUT2D eigenvalue weighted by Crippen LogP contribution is -2.26. The van der Waals surface area contributed by atoms with Gasteiger partial charge in [0.1, 0.15) is 0 Å². The molecule has 0 radical (unpaired) electrons. The minimum absolute atomic E-state index is 0.0806. The maximum atomic E-state index is 12.9. The first kappa shape index (κ1) is 20.3. The zero-order chi connectivity index (χ0) is 21.6. The lowest BCUT2D eigenvalue weighted by molar-refractivity contribution is -0.125. The zero-order valence-electron chi connectivity index (χ0n) is 16.9. The summed E-state index contributed by atoms with van der Waals surface area (Å²) in [6.45, 7) is 0.679. The summed E-state index contributed by atoms with van der Waals surface area (Å²) in [5.74, 6) is -0.974. The number of para-hydroxylation sites is 1. The Morgan fingerprint density at radius 2 is 1.52 bits per heavy atom. The van der Waals surface area contributed by atoms with Gasteiger partial charge < -0.3 is 15.0 Å². The second-order valence-corrected chi connectivity index (χ2v) is 7.25. The number of nitrogens with zero attached hydrogens (tertiary/aromatic N) is 1. The molecule has 1 saturated heterocycles. The summed E-state index contributed by atoms with van der Waals surface area (Å²) in [6.07, 6.45) is 0.269. The SMILES string of the molecule is O=C(O[C@H](C(=O)Nc1ccccc1)c1ccccc1)c1ccc(N2CCCC2=O)cc1. The Kier molecular flexibility index (Phi) is 6.08. The van der Waals surface area contributed by atoms with Crippen molar-refractivity contribution in [1.29, 1.82) is 0 Å². The number of esters is 1. The summed E-state index contributed by atoms with van der Waals surface area (Å²) in [4.78, 5) is 39.3. The van der Waals surface area contributed by atoms with Gasteiger partial charge in [-0.1, -0.05) is 48.5 Å². The minimum atomic E-state index is -1.10. The Labute approximate surface area is 180 Å². The topological polar surface area (TPSA) is 75.7 Å². The van der Waals surface area contributed by atoms with Crippen molar-refractivity contribution in [3.8, 4) is 0 Å². The number of carbonyl (C=O) groups is 3. The van der Waals surface area contributed by atoms with E-state index in [0.29, 0.717) is 29.8 Å². The Hall–Kier alpha value is -3.93. The third-order valence-electron chi connectivity index (χ3n) is 5.09. The first-order chi connectivity index (χ1) is 15.1. The molecule has 3 aromatic carbocycles. The van der Waals surface area contributed by atoms with Crippen LogP contribution in [0.1, 0.15) is 34.9 Å². The normalized spacial score (nSPS) is 14.2. The van der Waals surface area contributed by atoms with E-state index in [1.54, 1.807) is 65.6 Å². The van der Waals surface area contributed by atoms with E-state index in [0.717, 1.165) is 12.1 Å². The fourth-order valence-corrected chi connectivity index (χ4v) is 3.50. The molecular weight excluding hydrogens is 392 g/mol. The predicted molar refractivity (Wildman–Crippen MR) is 118 cm³/mol. The zero-order valence-corrected chi connectivity index (χ0v) is 16.9. The Morgan fingerprint density at radius 1 is 0.871 bits per heavy atom. The van der Waals surface area contributed by atoms with Crippen LogP contribution in [0.4, 0.5) is 11.4 Å². The molecule has 0 spiro atoms. The summed E-state index contributed by atoms with van der Waals surface area (Å²) in [6, 6.07) is 24.6. The highest BCUT2D eigenvalue weighted by Gasteiger charge is 2.26. The molecule has 0 unspecified atom stereocenters. The first-order valence-corrected chi connectivity index (χ1v) is 10.1. The van der Waals surface area contributed by atoms with E-state index in [1.807, 2.05) is 24.3 Å². The summed E-state index contributed by atoms with van der Waals surface area (Å²) < 4.78 is 5.61. The average Bonchev–Trinajstić information content (AvgIpc) is 3.24. The van der Waals surface area contributed by atoms with E-state index >= 15 is 0 Å². The fraction of sp³-hybridized carbons (Fsp3) is 0.160. The molecule has 3 aromatic rings. The number of nitrogens with one attached hydrogen (secondary N) is 1. The average molecular weight is 414 g/mol. The molecule has 1 aliphatic heterocycles. The molecule has 156 valence electrons. The number of anilines is 2. The third kappa shape index (κ3) is 4.80. The highest BCUT2D eigenvalue weighted by atomic mass is 16.5. The molecule has 1 atom stereocenters. The van der Waals surface area contributed by atoms with Crippen molar-refractivity contribution in [2.24, 2.45) is 0 Å². The van der Waals surface area contributed by atoms with Gasteiger partial charge in [0.25, 0.3) is 5.91 Å². The van der Waals surface area contributed by atoms with Crippen LogP contribution in [-0.4, -0.2) is 24.3 Å². The summed E-state index contributed by atoms with van der Waals surface area (Å²) >= 11 is 0. The van der Waals surface area contributed by atoms with Gasteiger partial charge in [0, 0.05) is 29.9 Å². The van der Waals surface area contributed by atoms with Crippen molar-refractivity contribution in [3.05, 3.63) is 96.1 Å². The van der Waals surface area contributed by atoms with E-state index in [1.165, 1.54) is 0 Å². The van der Waals surface area contributed by atoms with Gasteiger partial charge in [-0.05, 0) is 42.8 Å². The second kappa shape index (κ2) is 9.26. The first-order valence-electron chi connectivity index (χ1n) is 10.1. The van der Waals surface area contributed by atoms with Gasteiger partial charge in [-0.2, -0.15) is 0 Å². The van der Waals surface area contributed by atoms with E-state index in [9.17, 15) is 14.4 Å². The van der Waals surface area contributed by atoms with Gasteiger partial charge in [-0.25, -0.2) is 4.79 Å². The largest absolute Gasteiger partial charge is 0.444 e. The molecule has 0 aromatic heterocycles. The number of benzene rings is 3. The monoisotopic (exact) mass is 414 g/mol. The van der Waals surface area contributed by atoms with Gasteiger partial charge in [0.2, 0.25) is 12.0 Å². The van der Waals surface area contributed by atoms with Crippen molar-refractivity contribution < 1.29 is 19.1 Å². The Morgan fingerprint density at radius 3 is 2.13 bits per heavy atom. The maximum Gasteiger partial charge on any atom is 0.339 e. The second-order valence-electron chi connectivity index (χ2n) is 7.25. The van der Waals surface area contributed by atoms with Crippen LogP contribution in [0, 0.1) is 0 Å². The minimum Gasteiger partial charge on any atom is -0.444 e. The van der Waals surface area contributed by atoms with E-state index in [4.69, 9.17) is 4.74 Å². The smallest absolute Gasteiger partial charge is 0.339 e. The van der Waals surface area contributed by atoms with Crippen LogP contribution in [0.3, 0.4) is 0 Å². The molecule has 1 heterocycles. The molecule has 31 heavy (non-hydrogen) atoms. The molecule has 4 rings (SSSR count). The predicted octanol–water partition coefficient (Wildman–Crippen LogP) is 4.35. The highest BCUT2D eigenvalue weighted by Crippen LogP contribution is 2.24. The third-order valence-corrected chi connectivity index (χ3v) is 5.09. The molecule has 1 N–H and O–H groups in total. The number of rotatable bonds is 6. The van der Waals surface area contributed by atoms with Crippen molar-refractivity contribution in [1.82, 2.24) is 0 Å². The van der Waals surface area contributed by atoms with Gasteiger partial charge in [-0.3, -0.25) is 9.59 Å². The summed E-state index contributed by atoms with van der Waals surface area (Å²) in [5.41, 5.74) is 2.25. The maximum absolute atomic E-state index is 12.9. The molecule has 0 saturated carbocycles. The number of hydrogen-bond acceptors (Lipinski definition) is 4. The van der Waals surface area contributed by atoms with Crippen LogP contribution in [0.5, 0.6) is 0 Å². The number of hydrogen-bond donors (Lipinski definition) is 1. The number of amides is 2. The molecule has 0 bridgehead atoms. The van der Waals surface area contributed by atoms with Crippen LogP contribution in [0.2, 0.25) is 0 Å². The standard InChI is InChI=1S/C25H22N2O4/c28-22-12-7-17-27(22)21-15-13-19(14-16-21)25(30)31-23(18-8-3-1-4-9-18)24(29)26-20-10-5-2-6-11-20/h1-6,8-11,13-16,23H,7,12,17H2,(H,26,29)/t23-/m0/s1. The molecule has 6 heteroatoms. The fourth-order valence-electron chi connectivity index (χ4n) is 3.50. The lowest BCUT2D eigenvalue weighted by Gasteiger charge is -2.19. The van der Waals surface area contributed by atoms with Crippen LogP contribution in [0.15, 0.2) is 84.9 Å². The van der Waals surface area contributed by atoms with Gasteiger partial charge in [-0.15, -0.1) is 0 Å². The van der Waals surface area contributed by atoms with Crippen LogP contribution < -0.4 is 10.2 Å². The van der Waals surface area contributed by atoms with Crippen molar-refractivity contribution in [3.63, 3.8) is 0 Å². The summed E-state index contributed by atoms with van der Waals surface area (Å²) in [5, 5.41) is 2.79. The molecule has 1 fully saturated rings. The van der Waals surface area contributed by atoms with Crippen molar-refractivity contribution in [2.75, 3.05) is 16.8 Å². The van der Waals surface area contributed by atoms with Crippen LogP contribution in [0.25, 0.3) is 0 Å². The van der Waals surface area contributed by atoms with Crippen LogP contribution >= 0.6 is 0 Å². The van der Waals surface area contributed by atoms with Crippen LogP contribution in [-0.2, 0) is 14.3 Å². The molecular formula is C25H22N2O4. The van der Waals surface area contributed by atoms with Crippen molar-refractivity contribution in [2.45, 2.75) is 18.9 Å².